The number of carbonyl (C=O) groups is 1. The minimum Gasteiger partial charge on any atom is -0.322 e. The second-order valence-corrected chi connectivity index (χ2v) is 5.03. The first-order valence-corrected chi connectivity index (χ1v) is 6.35. The van der Waals surface area contributed by atoms with Crippen LogP contribution in [-0.2, 0) is 0 Å². The zero-order valence-electron chi connectivity index (χ0n) is 9.38. The Labute approximate surface area is 121 Å². The molecule has 0 atom stereocenters. The van der Waals surface area contributed by atoms with E-state index in [2.05, 4.69) is 21.2 Å². The van der Waals surface area contributed by atoms with Gasteiger partial charge in [0.2, 0.25) is 0 Å². The molecule has 98 valence electrons. The third-order valence-corrected chi connectivity index (χ3v) is 3.13. The lowest BCUT2D eigenvalue weighted by Gasteiger charge is -2.06. The maximum absolute atomic E-state index is 13.1. The van der Waals surface area contributed by atoms with Crippen molar-refractivity contribution in [2.24, 2.45) is 0 Å². The highest BCUT2D eigenvalue weighted by Gasteiger charge is 2.09. The Morgan fingerprint density at radius 2 is 1.89 bits per heavy atom. The summed E-state index contributed by atoms with van der Waals surface area (Å²) in [4.78, 5) is 11.9. The van der Waals surface area contributed by atoms with Gasteiger partial charge in [-0.1, -0.05) is 11.6 Å². The summed E-state index contributed by atoms with van der Waals surface area (Å²) in [5.41, 5.74) is 0.476. The van der Waals surface area contributed by atoms with Gasteiger partial charge in [0.15, 0.2) is 0 Å². The SMILES string of the molecule is O=C(Nc1cc(F)cc(Cl)c1)c1ccc(F)c(Br)c1. The number of hydrogen-bond donors (Lipinski definition) is 1. The topological polar surface area (TPSA) is 29.1 Å². The minimum absolute atomic E-state index is 0.176. The second kappa shape index (κ2) is 5.67. The van der Waals surface area contributed by atoms with Crippen molar-refractivity contribution in [3.05, 3.63) is 63.1 Å². The van der Waals surface area contributed by atoms with Crippen molar-refractivity contribution in [3.63, 3.8) is 0 Å². The normalized spacial score (nSPS) is 10.3. The van der Waals surface area contributed by atoms with E-state index in [9.17, 15) is 13.6 Å². The molecule has 0 saturated heterocycles. The summed E-state index contributed by atoms with van der Waals surface area (Å²) in [5, 5.41) is 2.66. The highest BCUT2D eigenvalue weighted by atomic mass is 79.9. The van der Waals surface area contributed by atoms with E-state index in [0.29, 0.717) is 0 Å². The number of halogens is 4. The molecule has 0 fully saturated rings. The lowest BCUT2D eigenvalue weighted by Crippen LogP contribution is -2.12. The molecule has 2 aromatic carbocycles. The molecule has 0 heterocycles. The van der Waals surface area contributed by atoms with Crippen LogP contribution in [0.1, 0.15) is 10.4 Å². The van der Waals surface area contributed by atoms with Crippen LogP contribution in [0.25, 0.3) is 0 Å². The molecule has 0 aliphatic carbocycles. The van der Waals surface area contributed by atoms with E-state index < -0.39 is 17.5 Å². The van der Waals surface area contributed by atoms with Crippen molar-refractivity contribution >= 4 is 39.1 Å². The van der Waals surface area contributed by atoms with Crippen LogP contribution >= 0.6 is 27.5 Å². The summed E-state index contributed by atoms with van der Waals surface area (Å²) in [6, 6.07) is 7.52. The molecule has 0 bridgehead atoms. The average molecular weight is 347 g/mol. The van der Waals surface area contributed by atoms with Gasteiger partial charge in [0, 0.05) is 16.3 Å². The predicted octanol–water partition coefficient (Wildman–Crippen LogP) is 4.63. The molecule has 2 rings (SSSR count). The summed E-state index contributed by atoms with van der Waals surface area (Å²) in [5.74, 6) is -1.50. The van der Waals surface area contributed by atoms with Crippen LogP contribution in [-0.4, -0.2) is 5.91 Å². The summed E-state index contributed by atoms with van der Waals surface area (Å²) >= 11 is 8.66. The lowest BCUT2D eigenvalue weighted by atomic mass is 10.2. The molecule has 0 aliphatic rings. The van der Waals surface area contributed by atoms with Gasteiger partial charge in [-0.15, -0.1) is 0 Å². The fourth-order valence-corrected chi connectivity index (χ4v) is 2.07. The quantitative estimate of drug-likeness (QED) is 0.844. The molecule has 0 aromatic heterocycles. The van der Waals surface area contributed by atoms with Gasteiger partial charge in [-0.05, 0) is 52.3 Å². The third-order valence-electron chi connectivity index (χ3n) is 2.30. The van der Waals surface area contributed by atoms with Crippen molar-refractivity contribution in [1.82, 2.24) is 0 Å². The summed E-state index contributed by atoms with van der Waals surface area (Å²) in [6.07, 6.45) is 0. The highest BCUT2D eigenvalue weighted by Crippen LogP contribution is 2.20. The summed E-state index contributed by atoms with van der Waals surface area (Å²) in [7, 11) is 0. The molecular formula is C13H7BrClF2NO. The van der Waals surface area contributed by atoms with Gasteiger partial charge in [0.1, 0.15) is 11.6 Å². The Morgan fingerprint density at radius 1 is 1.16 bits per heavy atom. The summed E-state index contributed by atoms with van der Waals surface area (Å²) < 4.78 is 26.3. The van der Waals surface area contributed by atoms with Crippen LogP contribution < -0.4 is 5.32 Å². The first-order chi connectivity index (χ1) is 8.95. The van der Waals surface area contributed by atoms with Crippen molar-refractivity contribution in [2.45, 2.75) is 0 Å². The standard InChI is InChI=1S/C13H7BrClF2NO/c14-11-3-7(1-2-12(11)17)13(19)18-10-5-8(15)4-9(16)6-10/h1-6H,(H,18,19). The first-order valence-electron chi connectivity index (χ1n) is 5.18. The maximum Gasteiger partial charge on any atom is 0.255 e. The maximum atomic E-state index is 13.1. The van der Waals surface area contributed by atoms with Crippen LogP contribution in [0, 0.1) is 11.6 Å². The van der Waals surface area contributed by atoms with Gasteiger partial charge in [-0.2, -0.15) is 0 Å². The molecule has 2 aromatic rings. The van der Waals surface area contributed by atoms with Crippen molar-refractivity contribution in [3.8, 4) is 0 Å². The van der Waals surface area contributed by atoms with Crippen molar-refractivity contribution in [2.75, 3.05) is 5.32 Å². The molecular weight excluding hydrogens is 340 g/mol. The smallest absolute Gasteiger partial charge is 0.255 e. The Morgan fingerprint density at radius 3 is 2.53 bits per heavy atom. The molecule has 0 saturated carbocycles. The van der Waals surface area contributed by atoms with E-state index in [-0.39, 0.29) is 20.7 Å². The van der Waals surface area contributed by atoms with E-state index in [0.717, 1.165) is 18.2 Å². The summed E-state index contributed by atoms with van der Waals surface area (Å²) in [6.45, 7) is 0. The second-order valence-electron chi connectivity index (χ2n) is 3.74. The van der Waals surface area contributed by atoms with Crippen molar-refractivity contribution in [1.29, 1.82) is 0 Å². The monoisotopic (exact) mass is 345 g/mol. The molecule has 19 heavy (non-hydrogen) atoms. The number of amides is 1. The fourth-order valence-electron chi connectivity index (χ4n) is 1.47. The number of rotatable bonds is 2. The van der Waals surface area contributed by atoms with Crippen LogP contribution in [0.4, 0.5) is 14.5 Å². The van der Waals surface area contributed by atoms with Gasteiger partial charge in [0.05, 0.1) is 4.47 Å². The average Bonchev–Trinajstić information content (AvgIpc) is 2.31. The minimum atomic E-state index is -0.553. The molecule has 0 aliphatic heterocycles. The molecule has 1 N–H and O–H groups in total. The molecule has 0 unspecified atom stereocenters. The number of nitrogens with one attached hydrogen (secondary N) is 1. The van der Waals surface area contributed by atoms with Crippen LogP contribution in [0.5, 0.6) is 0 Å². The predicted molar refractivity (Wildman–Crippen MR) is 73.5 cm³/mol. The number of carbonyl (C=O) groups excluding carboxylic acids is 1. The molecule has 6 heteroatoms. The molecule has 0 spiro atoms. The first kappa shape index (κ1) is 14.0. The Kier molecular flexibility index (Phi) is 4.17. The van der Waals surface area contributed by atoms with E-state index in [4.69, 9.17) is 11.6 Å². The highest BCUT2D eigenvalue weighted by molar-refractivity contribution is 9.10. The zero-order chi connectivity index (χ0) is 14.0. The van der Waals surface area contributed by atoms with Crippen LogP contribution in [0.15, 0.2) is 40.9 Å². The third kappa shape index (κ3) is 3.52. The van der Waals surface area contributed by atoms with E-state index >= 15 is 0 Å². The van der Waals surface area contributed by atoms with Gasteiger partial charge >= 0.3 is 0 Å². The van der Waals surface area contributed by atoms with Gasteiger partial charge in [0.25, 0.3) is 5.91 Å². The van der Waals surface area contributed by atoms with Crippen molar-refractivity contribution < 1.29 is 13.6 Å². The Hall–Kier alpha value is -1.46. The largest absolute Gasteiger partial charge is 0.322 e. The Bertz CT molecular complexity index is 628. The fraction of sp³-hybridized carbons (Fsp3) is 0. The number of benzene rings is 2. The van der Waals surface area contributed by atoms with E-state index in [1.54, 1.807) is 0 Å². The number of hydrogen-bond acceptors (Lipinski definition) is 1. The van der Waals surface area contributed by atoms with E-state index in [1.807, 2.05) is 0 Å². The van der Waals surface area contributed by atoms with E-state index in [1.165, 1.54) is 18.2 Å². The molecule has 2 nitrogen and oxygen atoms in total. The Balaban J connectivity index is 2.22. The van der Waals surface area contributed by atoms with Gasteiger partial charge < -0.3 is 5.32 Å². The van der Waals surface area contributed by atoms with Gasteiger partial charge in [-0.3, -0.25) is 4.79 Å². The van der Waals surface area contributed by atoms with Gasteiger partial charge in [-0.25, -0.2) is 8.78 Å². The number of anilines is 1. The van der Waals surface area contributed by atoms with Crippen LogP contribution in [0.2, 0.25) is 5.02 Å². The zero-order valence-corrected chi connectivity index (χ0v) is 11.7. The van der Waals surface area contributed by atoms with Crippen LogP contribution in [0.3, 0.4) is 0 Å². The molecule has 1 amide bonds. The molecule has 0 radical (unpaired) electrons. The lowest BCUT2D eigenvalue weighted by molar-refractivity contribution is 0.102.